The van der Waals surface area contributed by atoms with E-state index in [4.69, 9.17) is 21.3 Å². The monoisotopic (exact) mass is 518 g/mol. The van der Waals surface area contributed by atoms with Crippen LogP contribution in [0, 0.1) is 12.5 Å². The van der Waals surface area contributed by atoms with Gasteiger partial charge in [0, 0.05) is 28.8 Å². The Morgan fingerprint density at radius 1 is 1.17 bits per heavy atom. The fraction of sp³-hybridized carbons (Fsp3) is 0.280. The van der Waals surface area contributed by atoms with Crippen LogP contribution in [-0.2, 0) is 10.3 Å². The molecule has 0 spiro atoms. The molecule has 36 heavy (non-hydrogen) atoms. The number of amides is 2. The zero-order valence-corrected chi connectivity index (χ0v) is 20.9. The third-order valence-electron chi connectivity index (χ3n) is 6.08. The molecule has 2 N–H and O–H groups in total. The van der Waals surface area contributed by atoms with Crippen LogP contribution < -0.4 is 10.6 Å². The molecule has 0 bridgehead atoms. The summed E-state index contributed by atoms with van der Waals surface area (Å²) in [7, 11) is 0. The van der Waals surface area contributed by atoms with Crippen molar-refractivity contribution in [3.8, 4) is 0 Å². The summed E-state index contributed by atoms with van der Waals surface area (Å²) in [5.41, 5.74) is 0.367. The summed E-state index contributed by atoms with van der Waals surface area (Å²) in [5, 5.41) is 8.74. The Labute approximate surface area is 216 Å². The molecule has 5 rings (SSSR count). The first-order valence-corrected chi connectivity index (χ1v) is 13.1. The Hall–Kier alpha value is -3.59. The lowest BCUT2D eigenvalue weighted by Crippen LogP contribution is -2.50. The number of aliphatic imine (C=N–C) groups is 1. The van der Waals surface area contributed by atoms with Gasteiger partial charge in [-0.2, -0.15) is 0 Å². The zero-order chi connectivity index (χ0) is 25.1. The molecule has 0 unspecified atom stereocenters. The molecular weight excluding hydrogens is 496 g/mol. The van der Waals surface area contributed by atoms with Crippen LogP contribution in [0.5, 0.6) is 0 Å². The Balaban J connectivity index is 1.39. The standard InChI is InChI=1S/C25H22N6O3S2/c1-15-10-17-12-36-24(30-21(32)16-6-4-3-5-7-16)31-25(17,14-34-15)23-29-20(13-35-23)28-22(33)19-9-8-18(26-2)11-27-19/h3-9,11,13,15,17H,10,12,14H2,1H3,(H,28,33)(H,30,31,32)/t15-,17-,25-/m0/s1. The lowest BCUT2D eigenvalue weighted by atomic mass is 9.80. The van der Waals surface area contributed by atoms with Gasteiger partial charge in [-0.25, -0.2) is 14.8 Å². The van der Waals surface area contributed by atoms with Gasteiger partial charge in [-0.15, -0.1) is 11.3 Å². The number of fused-ring (bicyclic) bond motifs is 1. The molecule has 1 saturated heterocycles. The first-order chi connectivity index (χ1) is 17.5. The molecule has 0 radical (unpaired) electrons. The van der Waals surface area contributed by atoms with E-state index in [1.807, 2.05) is 25.1 Å². The molecule has 0 aliphatic carbocycles. The molecule has 2 amide bonds. The number of carbonyl (C=O) groups is 2. The van der Waals surface area contributed by atoms with Crippen molar-refractivity contribution in [1.29, 1.82) is 0 Å². The summed E-state index contributed by atoms with van der Waals surface area (Å²) < 4.78 is 6.04. The minimum absolute atomic E-state index is 0.100. The van der Waals surface area contributed by atoms with Crippen molar-refractivity contribution >= 4 is 51.6 Å². The molecule has 1 fully saturated rings. The van der Waals surface area contributed by atoms with Crippen molar-refractivity contribution in [3.05, 3.63) is 81.7 Å². The SMILES string of the molecule is [C-]#[N+]c1ccc(C(=O)Nc2csc([C@]34CO[C@@H](C)C[C@H]3CSC(NC(=O)c3ccccc3)=N4)n2)nc1. The predicted octanol–water partition coefficient (Wildman–Crippen LogP) is 4.49. The molecular formula is C25H22N6O3S2. The second-order valence-corrected chi connectivity index (χ2v) is 10.4. The molecule has 4 heterocycles. The number of carbonyl (C=O) groups excluding carboxylic acids is 2. The number of anilines is 1. The van der Waals surface area contributed by atoms with E-state index in [0.29, 0.717) is 28.8 Å². The molecule has 3 aromatic rings. The molecule has 3 atom stereocenters. The van der Waals surface area contributed by atoms with Gasteiger partial charge in [0.1, 0.15) is 22.1 Å². The Bertz CT molecular complexity index is 1350. The number of thioether (sulfide) groups is 1. The number of hydrogen-bond donors (Lipinski definition) is 2. The van der Waals surface area contributed by atoms with E-state index in [0.717, 1.165) is 17.2 Å². The number of benzene rings is 1. The maximum Gasteiger partial charge on any atom is 0.275 e. The summed E-state index contributed by atoms with van der Waals surface area (Å²) in [6.45, 7) is 9.40. The number of ether oxygens (including phenoxy) is 1. The highest BCUT2D eigenvalue weighted by molar-refractivity contribution is 8.13. The minimum Gasteiger partial charge on any atom is -0.375 e. The lowest BCUT2D eigenvalue weighted by Gasteiger charge is -2.44. The summed E-state index contributed by atoms with van der Waals surface area (Å²) in [6, 6.07) is 12.1. The van der Waals surface area contributed by atoms with Crippen molar-refractivity contribution in [2.24, 2.45) is 10.9 Å². The Morgan fingerprint density at radius 2 is 2.00 bits per heavy atom. The van der Waals surface area contributed by atoms with E-state index < -0.39 is 11.4 Å². The summed E-state index contributed by atoms with van der Waals surface area (Å²) in [5.74, 6) is 0.696. The van der Waals surface area contributed by atoms with Crippen LogP contribution in [0.1, 0.15) is 39.2 Å². The van der Waals surface area contributed by atoms with Crippen LogP contribution in [0.25, 0.3) is 4.85 Å². The molecule has 2 aliphatic heterocycles. The Morgan fingerprint density at radius 3 is 2.75 bits per heavy atom. The molecule has 2 aliphatic rings. The van der Waals surface area contributed by atoms with E-state index in [-0.39, 0.29) is 23.6 Å². The van der Waals surface area contributed by atoms with Gasteiger partial charge < -0.3 is 15.4 Å². The van der Waals surface area contributed by atoms with Gasteiger partial charge in [-0.1, -0.05) is 36.0 Å². The Kier molecular flexibility index (Phi) is 6.82. The maximum absolute atomic E-state index is 12.7. The average molecular weight is 519 g/mol. The third kappa shape index (κ3) is 4.88. The molecule has 2 aromatic heterocycles. The van der Waals surface area contributed by atoms with Crippen LogP contribution in [0.4, 0.5) is 11.5 Å². The average Bonchev–Trinajstić information content (AvgIpc) is 3.38. The number of hydrogen-bond acceptors (Lipinski definition) is 8. The van der Waals surface area contributed by atoms with Crippen LogP contribution in [0.3, 0.4) is 0 Å². The topological polar surface area (TPSA) is 110 Å². The summed E-state index contributed by atoms with van der Waals surface area (Å²) in [6.07, 6.45) is 2.27. The van der Waals surface area contributed by atoms with Crippen molar-refractivity contribution in [3.63, 3.8) is 0 Å². The van der Waals surface area contributed by atoms with Gasteiger partial charge in [-0.05, 0) is 31.5 Å². The number of nitrogens with one attached hydrogen (secondary N) is 2. The number of nitrogens with zero attached hydrogens (tertiary/aromatic N) is 4. The zero-order valence-electron chi connectivity index (χ0n) is 19.3. The molecule has 182 valence electrons. The first kappa shape index (κ1) is 24.1. The number of thiazole rings is 1. The maximum atomic E-state index is 12.7. The largest absolute Gasteiger partial charge is 0.375 e. The third-order valence-corrected chi connectivity index (χ3v) is 8.13. The van der Waals surface area contributed by atoms with Gasteiger partial charge in [0.15, 0.2) is 5.17 Å². The van der Waals surface area contributed by atoms with E-state index in [9.17, 15) is 9.59 Å². The number of aromatic nitrogens is 2. The highest BCUT2D eigenvalue weighted by Gasteiger charge is 2.49. The van der Waals surface area contributed by atoms with E-state index in [2.05, 4.69) is 20.5 Å². The van der Waals surface area contributed by atoms with E-state index in [1.165, 1.54) is 35.4 Å². The van der Waals surface area contributed by atoms with Crippen LogP contribution >= 0.6 is 23.1 Å². The second kappa shape index (κ2) is 10.2. The first-order valence-electron chi connectivity index (χ1n) is 11.3. The van der Waals surface area contributed by atoms with Crippen molar-refractivity contribution in [1.82, 2.24) is 15.3 Å². The predicted molar refractivity (Wildman–Crippen MR) is 140 cm³/mol. The van der Waals surface area contributed by atoms with Crippen LogP contribution in [-0.4, -0.2) is 45.4 Å². The smallest absolute Gasteiger partial charge is 0.275 e. The van der Waals surface area contributed by atoms with E-state index >= 15 is 0 Å². The lowest BCUT2D eigenvalue weighted by molar-refractivity contribution is -0.0466. The van der Waals surface area contributed by atoms with E-state index in [1.54, 1.807) is 23.6 Å². The highest BCUT2D eigenvalue weighted by Crippen LogP contribution is 2.47. The van der Waals surface area contributed by atoms with Crippen LogP contribution in [0.15, 0.2) is 59.0 Å². The van der Waals surface area contributed by atoms with Crippen molar-refractivity contribution < 1.29 is 14.3 Å². The number of amidine groups is 1. The number of rotatable bonds is 4. The number of pyridine rings is 1. The van der Waals surface area contributed by atoms with Gasteiger partial charge in [-0.3, -0.25) is 14.6 Å². The molecule has 0 saturated carbocycles. The molecule has 9 nitrogen and oxygen atoms in total. The molecule has 1 aromatic carbocycles. The van der Waals surface area contributed by atoms with Crippen molar-refractivity contribution in [2.45, 2.75) is 25.0 Å². The fourth-order valence-corrected chi connectivity index (χ4v) is 6.30. The van der Waals surface area contributed by atoms with Gasteiger partial charge in [0.05, 0.1) is 19.3 Å². The van der Waals surface area contributed by atoms with Gasteiger partial charge >= 0.3 is 0 Å². The minimum atomic E-state index is -0.750. The fourth-order valence-electron chi connectivity index (χ4n) is 4.18. The molecule has 11 heteroatoms. The highest BCUT2D eigenvalue weighted by atomic mass is 32.2. The van der Waals surface area contributed by atoms with Gasteiger partial charge in [0.2, 0.25) is 5.69 Å². The van der Waals surface area contributed by atoms with Gasteiger partial charge in [0.25, 0.3) is 11.8 Å². The quantitative estimate of drug-likeness (QED) is 0.493. The van der Waals surface area contributed by atoms with Crippen LogP contribution in [0.2, 0.25) is 0 Å². The van der Waals surface area contributed by atoms with Crippen molar-refractivity contribution in [2.75, 3.05) is 17.7 Å². The second-order valence-electron chi connectivity index (χ2n) is 8.53. The normalized spacial score (nSPS) is 23.1. The summed E-state index contributed by atoms with van der Waals surface area (Å²) in [4.78, 5) is 42.4. The summed E-state index contributed by atoms with van der Waals surface area (Å²) >= 11 is 2.92.